The Morgan fingerprint density at radius 1 is 0.780 bits per heavy atom. The summed E-state index contributed by atoms with van der Waals surface area (Å²) in [7, 11) is 2.10. The molecule has 0 aliphatic carbocycles. The molecule has 7 nitrogen and oxygen atoms in total. The predicted octanol–water partition coefficient (Wildman–Crippen LogP) is 8.10. The number of carbonyl (C=O) groups excluding carboxylic acids is 2. The van der Waals surface area contributed by atoms with Crippen LogP contribution < -0.4 is 0 Å². The molecule has 7 heteroatoms. The van der Waals surface area contributed by atoms with Gasteiger partial charge in [-0.3, -0.25) is 14.4 Å². The number of unbranched alkanes of at least 4 members (excludes halogenated alkanes) is 12. The van der Waals surface area contributed by atoms with Gasteiger partial charge >= 0.3 is 17.9 Å². The van der Waals surface area contributed by atoms with Crippen LogP contribution in [0.15, 0.2) is 12.2 Å². The van der Waals surface area contributed by atoms with Gasteiger partial charge in [0, 0.05) is 12.8 Å². The molecule has 1 N–H and O–H groups in total. The predicted molar refractivity (Wildman–Crippen MR) is 166 cm³/mol. The molecule has 1 aliphatic heterocycles. The van der Waals surface area contributed by atoms with Gasteiger partial charge in [-0.05, 0) is 77.4 Å². The maximum absolute atomic E-state index is 12.6. The standard InChI is InChI=1S/C34H61NO6/c1-3-4-5-6-7-14-19-28-40-33(38)23-18-13-9-11-16-21-30(20-15-10-8-12-17-22-32(36)37)29-41-34(39)31-24-26-35(2)27-25-31/h14,19,30-31H,3-13,15-18,20-29H2,1-2H3,(H,36,37)/b19-14-. The molecule has 0 bridgehead atoms. The molecule has 0 aromatic rings. The fourth-order valence-electron chi connectivity index (χ4n) is 5.43. The van der Waals surface area contributed by atoms with Gasteiger partial charge in [0.1, 0.15) is 6.61 Å². The van der Waals surface area contributed by atoms with Gasteiger partial charge in [0.25, 0.3) is 0 Å². The molecular formula is C34H61NO6. The molecule has 0 amide bonds. The van der Waals surface area contributed by atoms with Crippen LogP contribution in [0.25, 0.3) is 0 Å². The summed E-state index contributed by atoms with van der Waals surface area (Å²) in [5.41, 5.74) is 0. The first-order valence-electron chi connectivity index (χ1n) is 16.8. The minimum atomic E-state index is -0.715. The third kappa shape index (κ3) is 22.4. The van der Waals surface area contributed by atoms with Crippen LogP contribution in [-0.2, 0) is 23.9 Å². The number of ether oxygens (including phenoxy) is 2. The second kappa shape index (κ2) is 25.8. The Bertz CT molecular complexity index is 701. The summed E-state index contributed by atoms with van der Waals surface area (Å²) in [4.78, 5) is 37.5. The van der Waals surface area contributed by atoms with Crippen molar-refractivity contribution in [3.8, 4) is 0 Å². The SMILES string of the molecule is CCCCCC/C=C\COC(=O)CCCCCCCC(CCCCCCCC(=O)O)COC(=O)C1CCN(C)CC1. The number of likely N-dealkylation sites (tertiary alicyclic amines) is 1. The molecule has 1 heterocycles. The highest BCUT2D eigenvalue weighted by molar-refractivity contribution is 5.72. The van der Waals surface area contributed by atoms with Crippen LogP contribution in [0.1, 0.15) is 142 Å². The van der Waals surface area contributed by atoms with E-state index in [9.17, 15) is 14.4 Å². The lowest BCUT2D eigenvalue weighted by Gasteiger charge is -2.28. The Morgan fingerprint density at radius 3 is 2.00 bits per heavy atom. The van der Waals surface area contributed by atoms with E-state index >= 15 is 0 Å². The van der Waals surface area contributed by atoms with Crippen molar-refractivity contribution in [3.05, 3.63) is 12.2 Å². The van der Waals surface area contributed by atoms with Gasteiger partial charge < -0.3 is 19.5 Å². The van der Waals surface area contributed by atoms with Crippen molar-refractivity contribution in [3.63, 3.8) is 0 Å². The minimum Gasteiger partial charge on any atom is -0.481 e. The summed E-state index contributed by atoms with van der Waals surface area (Å²) in [5, 5.41) is 8.78. The summed E-state index contributed by atoms with van der Waals surface area (Å²) in [6.07, 6.45) is 25.0. The second-order valence-electron chi connectivity index (χ2n) is 12.1. The molecule has 0 saturated carbocycles. The molecule has 1 atom stereocenters. The Hall–Kier alpha value is -1.89. The van der Waals surface area contributed by atoms with Crippen molar-refractivity contribution in [1.82, 2.24) is 4.90 Å². The number of rotatable bonds is 26. The lowest BCUT2D eigenvalue weighted by Crippen LogP contribution is -2.34. The number of piperidine rings is 1. The van der Waals surface area contributed by atoms with Crippen molar-refractivity contribution < 1.29 is 29.0 Å². The van der Waals surface area contributed by atoms with E-state index in [0.29, 0.717) is 25.6 Å². The van der Waals surface area contributed by atoms with Crippen LogP contribution in [0.4, 0.5) is 0 Å². The number of esters is 2. The monoisotopic (exact) mass is 579 g/mol. The van der Waals surface area contributed by atoms with E-state index in [4.69, 9.17) is 14.6 Å². The van der Waals surface area contributed by atoms with Crippen LogP contribution in [0.5, 0.6) is 0 Å². The molecule has 1 unspecified atom stereocenters. The smallest absolute Gasteiger partial charge is 0.309 e. The van der Waals surface area contributed by atoms with Crippen molar-refractivity contribution >= 4 is 17.9 Å². The zero-order valence-electron chi connectivity index (χ0n) is 26.4. The molecule has 0 spiro atoms. The number of hydrogen-bond acceptors (Lipinski definition) is 6. The Morgan fingerprint density at radius 2 is 1.37 bits per heavy atom. The van der Waals surface area contributed by atoms with Crippen molar-refractivity contribution in [2.45, 2.75) is 142 Å². The molecule has 41 heavy (non-hydrogen) atoms. The largest absolute Gasteiger partial charge is 0.481 e. The highest BCUT2D eigenvalue weighted by Crippen LogP contribution is 2.22. The molecule has 1 saturated heterocycles. The Kier molecular flexibility index (Phi) is 23.4. The topological polar surface area (TPSA) is 93.1 Å². The normalized spacial score (nSPS) is 15.3. The van der Waals surface area contributed by atoms with Crippen LogP contribution in [0.2, 0.25) is 0 Å². The average Bonchev–Trinajstić information content (AvgIpc) is 2.95. The van der Waals surface area contributed by atoms with Gasteiger partial charge in [-0.1, -0.05) is 89.7 Å². The number of carboxylic acid groups (broad SMARTS) is 1. The van der Waals surface area contributed by atoms with Gasteiger partial charge in [0.05, 0.1) is 12.5 Å². The van der Waals surface area contributed by atoms with Crippen LogP contribution >= 0.6 is 0 Å². The van der Waals surface area contributed by atoms with E-state index < -0.39 is 5.97 Å². The van der Waals surface area contributed by atoms with E-state index in [2.05, 4.69) is 24.9 Å². The highest BCUT2D eigenvalue weighted by Gasteiger charge is 2.25. The van der Waals surface area contributed by atoms with Crippen molar-refractivity contribution in [2.24, 2.45) is 11.8 Å². The minimum absolute atomic E-state index is 0.0221. The summed E-state index contributed by atoms with van der Waals surface area (Å²) in [5.74, 6) is -0.410. The van der Waals surface area contributed by atoms with E-state index in [1.54, 1.807) is 0 Å². The average molecular weight is 580 g/mol. The molecule has 1 rings (SSSR count). The molecule has 1 aliphatic rings. The quantitative estimate of drug-likeness (QED) is 0.0628. The molecule has 0 aromatic carbocycles. The van der Waals surface area contributed by atoms with Crippen molar-refractivity contribution in [2.75, 3.05) is 33.4 Å². The van der Waals surface area contributed by atoms with Gasteiger partial charge in [0.15, 0.2) is 0 Å². The fraction of sp³-hybridized carbons (Fsp3) is 0.853. The Labute approximate surface area is 250 Å². The van der Waals surface area contributed by atoms with E-state index in [1.807, 2.05) is 6.08 Å². The highest BCUT2D eigenvalue weighted by atomic mass is 16.5. The number of carbonyl (C=O) groups is 3. The number of nitrogens with zero attached hydrogens (tertiary/aromatic N) is 1. The van der Waals surface area contributed by atoms with E-state index in [-0.39, 0.29) is 24.3 Å². The lowest BCUT2D eigenvalue weighted by molar-refractivity contribution is -0.151. The summed E-state index contributed by atoms with van der Waals surface area (Å²) >= 11 is 0. The third-order valence-corrected chi connectivity index (χ3v) is 8.24. The lowest BCUT2D eigenvalue weighted by atomic mass is 9.94. The van der Waals surface area contributed by atoms with Gasteiger partial charge in [-0.2, -0.15) is 0 Å². The molecule has 0 radical (unpaired) electrons. The summed E-state index contributed by atoms with van der Waals surface area (Å²) < 4.78 is 11.1. The number of hydrogen-bond donors (Lipinski definition) is 1. The summed E-state index contributed by atoms with van der Waals surface area (Å²) in [6.45, 7) is 5.03. The zero-order valence-corrected chi connectivity index (χ0v) is 26.4. The first-order valence-corrected chi connectivity index (χ1v) is 16.8. The zero-order chi connectivity index (χ0) is 30.0. The molecule has 1 fully saturated rings. The maximum Gasteiger partial charge on any atom is 0.309 e. The van der Waals surface area contributed by atoms with Crippen molar-refractivity contribution in [1.29, 1.82) is 0 Å². The second-order valence-corrected chi connectivity index (χ2v) is 12.1. The van der Waals surface area contributed by atoms with E-state index in [0.717, 1.165) is 109 Å². The van der Waals surface area contributed by atoms with Crippen LogP contribution in [0.3, 0.4) is 0 Å². The van der Waals surface area contributed by atoms with Crippen LogP contribution in [0, 0.1) is 11.8 Å². The van der Waals surface area contributed by atoms with E-state index in [1.165, 1.54) is 25.7 Å². The molecular weight excluding hydrogens is 518 g/mol. The Balaban J connectivity index is 2.20. The first kappa shape index (κ1) is 37.1. The number of allylic oxidation sites excluding steroid dienone is 1. The van der Waals surface area contributed by atoms with Gasteiger partial charge in [0.2, 0.25) is 0 Å². The summed E-state index contributed by atoms with van der Waals surface area (Å²) in [6, 6.07) is 0. The molecule has 238 valence electrons. The first-order chi connectivity index (χ1) is 19.9. The van der Waals surface area contributed by atoms with Gasteiger partial charge in [-0.15, -0.1) is 0 Å². The van der Waals surface area contributed by atoms with Crippen LogP contribution in [-0.4, -0.2) is 61.3 Å². The number of carboxylic acids is 1. The maximum atomic E-state index is 12.6. The van der Waals surface area contributed by atoms with Gasteiger partial charge in [-0.25, -0.2) is 0 Å². The fourth-order valence-corrected chi connectivity index (χ4v) is 5.43. The number of aliphatic carboxylic acids is 1. The third-order valence-electron chi connectivity index (χ3n) is 8.24. The molecule has 0 aromatic heterocycles.